The van der Waals surface area contributed by atoms with Gasteiger partial charge in [-0.1, -0.05) is 13.3 Å². The molecule has 0 aliphatic carbocycles. The fourth-order valence-electron chi connectivity index (χ4n) is 2.44. The van der Waals surface area contributed by atoms with Gasteiger partial charge in [0.15, 0.2) is 0 Å². The van der Waals surface area contributed by atoms with Gasteiger partial charge in [-0.3, -0.25) is 14.5 Å². The first-order chi connectivity index (χ1) is 8.47. The summed E-state index contributed by atoms with van der Waals surface area (Å²) in [6.45, 7) is 6.15. The van der Waals surface area contributed by atoms with E-state index in [2.05, 4.69) is 0 Å². The fraction of sp³-hybridized carbons (Fsp3) is 0.846. The van der Waals surface area contributed by atoms with Gasteiger partial charge < -0.3 is 9.84 Å². The fourth-order valence-corrected chi connectivity index (χ4v) is 2.44. The van der Waals surface area contributed by atoms with E-state index in [0.29, 0.717) is 19.4 Å². The van der Waals surface area contributed by atoms with Crippen LogP contribution in [0.5, 0.6) is 0 Å². The molecule has 2 atom stereocenters. The molecule has 1 aliphatic heterocycles. The summed E-state index contributed by atoms with van der Waals surface area (Å²) in [7, 11) is 0. The highest BCUT2D eigenvalue weighted by Gasteiger charge is 2.36. The highest BCUT2D eigenvalue weighted by atomic mass is 16.5. The average Bonchev–Trinajstić information content (AvgIpc) is 2.29. The normalized spacial score (nSPS) is 22.8. The van der Waals surface area contributed by atoms with Crippen LogP contribution in [0.25, 0.3) is 0 Å². The monoisotopic (exact) mass is 257 g/mol. The number of aliphatic carboxylic acids is 1. The van der Waals surface area contributed by atoms with Gasteiger partial charge in [-0.05, 0) is 39.7 Å². The van der Waals surface area contributed by atoms with Gasteiger partial charge in [-0.25, -0.2) is 0 Å². The molecule has 0 bridgehead atoms. The lowest BCUT2D eigenvalue weighted by Crippen LogP contribution is -2.53. The second-order valence-corrected chi connectivity index (χ2v) is 5.00. The van der Waals surface area contributed by atoms with E-state index in [1.54, 1.807) is 18.7 Å². The summed E-state index contributed by atoms with van der Waals surface area (Å²) >= 11 is 0. The molecular weight excluding hydrogens is 234 g/mol. The summed E-state index contributed by atoms with van der Waals surface area (Å²) in [5.41, 5.74) is 0. The SMILES string of the molecule is CCC(C(=O)OC(C)C)N1CCCCC1C(=O)O. The van der Waals surface area contributed by atoms with Gasteiger partial charge in [-0.2, -0.15) is 0 Å². The molecule has 5 nitrogen and oxygen atoms in total. The number of likely N-dealkylation sites (tertiary alicyclic amines) is 1. The lowest BCUT2D eigenvalue weighted by Gasteiger charge is -2.37. The molecular formula is C13H23NO4. The summed E-state index contributed by atoms with van der Waals surface area (Å²) in [4.78, 5) is 25.0. The topological polar surface area (TPSA) is 66.8 Å². The minimum Gasteiger partial charge on any atom is -0.480 e. The Kier molecular flexibility index (Phi) is 5.59. The second-order valence-electron chi connectivity index (χ2n) is 5.00. The number of carbonyl (C=O) groups excluding carboxylic acids is 1. The molecule has 5 heteroatoms. The molecule has 1 fully saturated rings. The maximum Gasteiger partial charge on any atom is 0.323 e. The summed E-state index contributed by atoms with van der Waals surface area (Å²) in [5.74, 6) is -1.15. The van der Waals surface area contributed by atoms with Crippen LogP contribution in [0, 0.1) is 0 Å². The van der Waals surface area contributed by atoms with Crippen molar-refractivity contribution in [3.8, 4) is 0 Å². The van der Waals surface area contributed by atoms with E-state index >= 15 is 0 Å². The standard InChI is InChI=1S/C13H23NO4/c1-4-10(13(17)18-9(2)3)14-8-6-5-7-11(14)12(15)16/h9-11H,4-8H2,1-3H3,(H,15,16). The number of ether oxygens (including phenoxy) is 1. The summed E-state index contributed by atoms with van der Waals surface area (Å²) < 4.78 is 5.21. The van der Waals surface area contributed by atoms with Crippen LogP contribution >= 0.6 is 0 Å². The molecule has 1 heterocycles. The van der Waals surface area contributed by atoms with Gasteiger partial charge in [0.2, 0.25) is 0 Å². The molecule has 0 aromatic carbocycles. The van der Waals surface area contributed by atoms with Crippen molar-refractivity contribution in [2.45, 2.75) is 64.6 Å². The second kappa shape index (κ2) is 6.73. The zero-order valence-corrected chi connectivity index (χ0v) is 11.4. The van der Waals surface area contributed by atoms with Crippen molar-refractivity contribution >= 4 is 11.9 Å². The van der Waals surface area contributed by atoms with Crippen molar-refractivity contribution in [3.05, 3.63) is 0 Å². The quantitative estimate of drug-likeness (QED) is 0.759. The number of hydrogen-bond acceptors (Lipinski definition) is 4. The van der Waals surface area contributed by atoms with E-state index in [0.717, 1.165) is 12.8 Å². The van der Waals surface area contributed by atoms with E-state index in [1.165, 1.54) is 0 Å². The number of nitrogens with zero attached hydrogens (tertiary/aromatic N) is 1. The van der Waals surface area contributed by atoms with Crippen LogP contribution in [-0.2, 0) is 14.3 Å². The Labute approximate surface area is 108 Å². The van der Waals surface area contributed by atoms with Crippen LogP contribution in [-0.4, -0.2) is 46.7 Å². The zero-order chi connectivity index (χ0) is 13.7. The summed E-state index contributed by atoms with van der Waals surface area (Å²) in [6.07, 6.45) is 2.87. The van der Waals surface area contributed by atoms with Crippen LogP contribution in [0.2, 0.25) is 0 Å². The minimum absolute atomic E-state index is 0.167. The summed E-state index contributed by atoms with van der Waals surface area (Å²) in [5, 5.41) is 9.22. The van der Waals surface area contributed by atoms with E-state index < -0.39 is 18.1 Å². The van der Waals surface area contributed by atoms with Gasteiger partial charge in [0.1, 0.15) is 12.1 Å². The van der Waals surface area contributed by atoms with Crippen LogP contribution in [0.4, 0.5) is 0 Å². The average molecular weight is 257 g/mol. The maximum atomic E-state index is 12.0. The molecule has 0 radical (unpaired) electrons. The van der Waals surface area contributed by atoms with Crippen molar-refractivity contribution in [1.29, 1.82) is 0 Å². The molecule has 104 valence electrons. The summed E-state index contributed by atoms with van der Waals surface area (Å²) in [6, 6.07) is -0.989. The van der Waals surface area contributed by atoms with Gasteiger partial charge in [0.25, 0.3) is 0 Å². The van der Waals surface area contributed by atoms with Gasteiger partial charge >= 0.3 is 11.9 Å². The van der Waals surface area contributed by atoms with Crippen LogP contribution in [0.3, 0.4) is 0 Å². The zero-order valence-electron chi connectivity index (χ0n) is 11.4. The smallest absolute Gasteiger partial charge is 0.323 e. The number of carboxylic acids is 1. The predicted molar refractivity (Wildman–Crippen MR) is 67.3 cm³/mol. The van der Waals surface area contributed by atoms with E-state index in [-0.39, 0.29) is 12.1 Å². The predicted octanol–water partition coefficient (Wildman–Crippen LogP) is 1.66. The number of hydrogen-bond donors (Lipinski definition) is 1. The van der Waals surface area contributed by atoms with E-state index in [4.69, 9.17) is 4.74 Å². The first-order valence-electron chi connectivity index (χ1n) is 6.66. The Morgan fingerprint density at radius 2 is 2.06 bits per heavy atom. The number of piperidine rings is 1. The third-order valence-electron chi connectivity index (χ3n) is 3.24. The highest BCUT2D eigenvalue weighted by Crippen LogP contribution is 2.22. The Morgan fingerprint density at radius 1 is 1.39 bits per heavy atom. The molecule has 2 unspecified atom stereocenters. The molecule has 1 aliphatic rings. The third kappa shape index (κ3) is 3.70. The molecule has 0 spiro atoms. The maximum absolute atomic E-state index is 12.0. The molecule has 0 amide bonds. The molecule has 1 saturated heterocycles. The Hall–Kier alpha value is -1.10. The van der Waals surface area contributed by atoms with Crippen LogP contribution < -0.4 is 0 Å². The van der Waals surface area contributed by atoms with Crippen LogP contribution in [0.15, 0.2) is 0 Å². The lowest BCUT2D eigenvalue weighted by atomic mass is 9.99. The van der Waals surface area contributed by atoms with Crippen molar-refractivity contribution in [1.82, 2.24) is 4.90 Å². The number of rotatable bonds is 5. The molecule has 1 rings (SSSR count). The number of esters is 1. The number of carboxylic acid groups (broad SMARTS) is 1. The van der Waals surface area contributed by atoms with Crippen molar-refractivity contribution in [2.75, 3.05) is 6.54 Å². The van der Waals surface area contributed by atoms with Crippen molar-refractivity contribution in [3.63, 3.8) is 0 Å². The molecule has 1 N–H and O–H groups in total. The Balaban J connectivity index is 2.77. The third-order valence-corrected chi connectivity index (χ3v) is 3.24. The van der Waals surface area contributed by atoms with Crippen LogP contribution in [0.1, 0.15) is 46.5 Å². The first-order valence-corrected chi connectivity index (χ1v) is 6.66. The Bertz CT molecular complexity index is 303. The van der Waals surface area contributed by atoms with Crippen molar-refractivity contribution < 1.29 is 19.4 Å². The largest absolute Gasteiger partial charge is 0.480 e. The Morgan fingerprint density at radius 3 is 2.56 bits per heavy atom. The van der Waals surface area contributed by atoms with Gasteiger partial charge in [0, 0.05) is 0 Å². The van der Waals surface area contributed by atoms with Gasteiger partial charge in [0.05, 0.1) is 6.10 Å². The molecule has 0 saturated carbocycles. The molecule has 0 aromatic heterocycles. The number of carbonyl (C=O) groups is 2. The highest BCUT2D eigenvalue weighted by molar-refractivity contribution is 5.79. The van der Waals surface area contributed by atoms with Gasteiger partial charge in [-0.15, -0.1) is 0 Å². The van der Waals surface area contributed by atoms with E-state index in [1.807, 2.05) is 6.92 Å². The van der Waals surface area contributed by atoms with Crippen molar-refractivity contribution in [2.24, 2.45) is 0 Å². The molecule has 18 heavy (non-hydrogen) atoms. The first kappa shape index (κ1) is 15.0. The van der Waals surface area contributed by atoms with E-state index in [9.17, 15) is 14.7 Å². The lowest BCUT2D eigenvalue weighted by molar-refractivity contribution is -0.159. The minimum atomic E-state index is -0.842. The molecule has 0 aromatic rings.